The average Bonchev–Trinajstić information content (AvgIpc) is 3.30. The van der Waals surface area contributed by atoms with Crippen molar-refractivity contribution in [2.75, 3.05) is 11.9 Å². The number of carbonyl (C=O) groups excluding carboxylic acids is 3. The largest absolute Gasteiger partial charge is 0.457 e. The zero-order valence-corrected chi connectivity index (χ0v) is 19.2. The van der Waals surface area contributed by atoms with E-state index in [4.69, 9.17) is 16.0 Å². The van der Waals surface area contributed by atoms with Crippen molar-refractivity contribution in [2.24, 2.45) is 0 Å². The van der Waals surface area contributed by atoms with Gasteiger partial charge in [0.15, 0.2) is 0 Å². The van der Waals surface area contributed by atoms with E-state index in [-0.39, 0.29) is 5.70 Å². The Kier molecular flexibility index (Phi) is 6.16. The summed E-state index contributed by atoms with van der Waals surface area (Å²) >= 11 is 9.47. The molecular formula is C23H17BrClN3O4. The number of carbonyl (C=O) groups is 3. The zero-order valence-electron chi connectivity index (χ0n) is 16.8. The molecule has 2 aromatic carbocycles. The number of anilines is 1. The number of nitrogens with one attached hydrogen (secondary N) is 2. The van der Waals surface area contributed by atoms with Gasteiger partial charge >= 0.3 is 6.03 Å². The lowest BCUT2D eigenvalue weighted by molar-refractivity contribution is -0.127. The van der Waals surface area contributed by atoms with Crippen molar-refractivity contribution in [2.45, 2.75) is 6.92 Å². The van der Waals surface area contributed by atoms with Crippen LogP contribution < -0.4 is 10.6 Å². The maximum Gasteiger partial charge on any atom is 0.329 e. The van der Waals surface area contributed by atoms with E-state index in [1.54, 1.807) is 42.5 Å². The van der Waals surface area contributed by atoms with Crippen LogP contribution in [0, 0.1) is 6.92 Å². The maximum absolute atomic E-state index is 12.7. The normalized spacial score (nSPS) is 14.7. The van der Waals surface area contributed by atoms with Gasteiger partial charge < -0.3 is 15.1 Å². The van der Waals surface area contributed by atoms with Crippen LogP contribution in [0.2, 0.25) is 5.02 Å². The predicted molar refractivity (Wildman–Crippen MR) is 125 cm³/mol. The number of imide groups is 1. The fraction of sp³-hybridized carbons (Fsp3) is 0.0870. The summed E-state index contributed by atoms with van der Waals surface area (Å²) < 4.78 is 6.53. The summed E-state index contributed by atoms with van der Waals surface area (Å²) in [6.07, 6.45) is 1.42. The highest BCUT2D eigenvalue weighted by atomic mass is 79.9. The molecule has 0 radical (unpaired) electrons. The molecule has 0 bridgehead atoms. The molecule has 0 unspecified atom stereocenters. The highest BCUT2D eigenvalue weighted by Gasteiger charge is 2.35. The van der Waals surface area contributed by atoms with E-state index in [0.717, 1.165) is 20.5 Å². The van der Waals surface area contributed by atoms with Crippen molar-refractivity contribution < 1.29 is 18.8 Å². The Labute approximate surface area is 197 Å². The standard InChI is InChI=1S/C23H17BrClN3O4/c1-13-3-2-4-15(9-13)26-21(29)12-28-22(30)19(27-23(28)31)11-16-6-8-20(32-16)14-5-7-17(24)18(25)10-14/h2-11H,12H2,1H3,(H,26,29)(H,27,31)/b19-11+. The van der Waals surface area contributed by atoms with E-state index in [1.165, 1.54) is 6.08 Å². The third kappa shape index (κ3) is 4.76. The van der Waals surface area contributed by atoms with Crippen molar-refractivity contribution in [1.82, 2.24) is 10.2 Å². The van der Waals surface area contributed by atoms with E-state index in [0.29, 0.717) is 22.2 Å². The summed E-state index contributed by atoms with van der Waals surface area (Å²) in [6.45, 7) is 1.49. The van der Waals surface area contributed by atoms with Gasteiger partial charge in [0, 0.05) is 21.8 Å². The van der Waals surface area contributed by atoms with Gasteiger partial charge in [-0.2, -0.15) is 0 Å². The molecule has 2 N–H and O–H groups in total. The number of urea groups is 1. The second kappa shape index (κ2) is 9.02. The topological polar surface area (TPSA) is 91.7 Å². The van der Waals surface area contributed by atoms with Gasteiger partial charge in [0.05, 0.1) is 5.02 Å². The highest BCUT2D eigenvalue weighted by Crippen LogP contribution is 2.30. The molecule has 0 spiro atoms. The summed E-state index contributed by atoms with van der Waals surface area (Å²) in [4.78, 5) is 38.1. The minimum Gasteiger partial charge on any atom is -0.457 e. The number of hydrogen-bond donors (Lipinski definition) is 2. The van der Waals surface area contributed by atoms with Crippen LogP contribution in [0.25, 0.3) is 17.4 Å². The number of furan rings is 1. The molecule has 162 valence electrons. The quantitative estimate of drug-likeness (QED) is 0.361. The molecule has 1 fully saturated rings. The van der Waals surface area contributed by atoms with Gasteiger partial charge in [-0.05, 0) is 64.8 Å². The molecule has 1 aliphatic rings. The highest BCUT2D eigenvalue weighted by molar-refractivity contribution is 9.10. The van der Waals surface area contributed by atoms with Gasteiger partial charge in [0.25, 0.3) is 5.91 Å². The van der Waals surface area contributed by atoms with Crippen LogP contribution in [0.15, 0.2) is 69.2 Å². The van der Waals surface area contributed by atoms with Crippen LogP contribution in [-0.2, 0) is 9.59 Å². The number of benzene rings is 2. The number of nitrogens with zero attached hydrogens (tertiary/aromatic N) is 1. The van der Waals surface area contributed by atoms with Crippen molar-refractivity contribution in [1.29, 1.82) is 0 Å². The minimum atomic E-state index is -0.674. The van der Waals surface area contributed by atoms with E-state index in [1.807, 2.05) is 19.1 Å². The van der Waals surface area contributed by atoms with Gasteiger partial charge in [-0.1, -0.05) is 29.8 Å². The Balaban J connectivity index is 1.46. The summed E-state index contributed by atoms with van der Waals surface area (Å²) in [7, 11) is 0. The summed E-state index contributed by atoms with van der Waals surface area (Å²) in [5.74, 6) is -0.169. The first-order chi connectivity index (χ1) is 15.3. The number of amides is 4. The Bertz CT molecular complexity index is 1270. The molecule has 4 rings (SSSR count). The molecule has 0 saturated carbocycles. The van der Waals surface area contributed by atoms with Gasteiger partial charge in [-0.25, -0.2) is 9.69 Å². The first kappa shape index (κ1) is 21.9. The lowest BCUT2D eigenvalue weighted by Gasteiger charge is -2.12. The predicted octanol–water partition coefficient (Wildman–Crippen LogP) is 5.20. The molecule has 1 aromatic heterocycles. The number of rotatable bonds is 5. The molecule has 32 heavy (non-hydrogen) atoms. The Morgan fingerprint density at radius 2 is 2.00 bits per heavy atom. The zero-order chi connectivity index (χ0) is 22.8. The number of hydrogen-bond acceptors (Lipinski definition) is 4. The Morgan fingerprint density at radius 3 is 2.75 bits per heavy atom. The average molecular weight is 515 g/mol. The van der Waals surface area contributed by atoms with Crippen molar-refractivity contribution in [3.8, 4) is 11.3 Å². The van der Waals surface area contributed by atoms with Crippen LogP contribution in [-0.4, -0.2) is 29.3 Å². The number of aryl methyl sites for hydroxylation is 1. The Hall–Kier alpha value is -3.36. The van der Waals surface area contributed by atoms with E-state index in [2.05, 4.69) is 26.6 Å². The molecule has 4 amide bonds. The van der Waals surface area contributed by atoms with Crippen LogP contribution in [0.4, 0.5) is 10.5 Å². The molecule has 9 heteroatoms. The summed E-state index contributed by atoms with van der Waals surface area (Å²) in [6, 6.07) is 15.4. The molecule has 7 nitrogen and oxygen atoms in total. The smallest absolute Gasteiger partial charge is 0.329 e. The minimum absolute atomic E-state index is 0.0214. The molecule has 2 heterocycles. The third-order valence-electron chi connectivity index (χ3n) is 4.68. The summed E-state index contributed by atoms with van der Waals surface area (Å²) in [5.41, 5.74) is 2.35. The van der Waals surface area contributed by atoms with Crippen molar-refractivity contribution in [3.05, 3.63) is 81.1 Å². The third-order valence-corrected chi connectivity index (χ3v) is 5.92. The molecular weight excluding hydrogens is 498 g/mol. The fourth-order valence-corrected chi connectivity index (χ4v) is 3.59. The lowest BCUT2D eigenvalue weighted by Crippen LogP contribution is -2.38. The van der Waals surface area contributed by atoms with Gasteiger partial charge in [-0.3, -0.25) is 9.59 Å². The van der Waals surface area contributed by atoms with Gasteiger partial charge in [-0.15, -0.1) is 0 Å². The second-order valence-corrected chi connectivity index (χ2v) is 8.39. The van der Waals surface area contributed by atoms with Crippen LogP contribution in [0.1, 0.15) is 11.3 Å². The molecule has 1 saturated heterocycles. The number of halogens is 2. The fourth-order valence-electron chi connectivity index (χ4n) is 3.16. The molecule has 3 aromatic rings. The van der Waals surface area contributed by atoms with Crippen molar-refractivity contribution in [3.63, 3.8) is 0 Å². The van der Waals surface area contributed by atoms with Gasteiger partial charge in [0.2, 0.25) is 5.91 Å². The first-order valence-corrected chi connectivity index (χ1v) is 10.7. The second-order valence-electron chi connectivity index (χ2n) is 7.13. The van der Waals surface area contributed by atoms with E-state index < -0.39 is 24.4 Å². The summed E-state index contributed by atoms with van der Waals surface area (Å²) in [5, 5.41) is 5.70. The first-order valence-electron chi connectivity index (χ1n) is 9.56. The lowest BCUT2D eigenvalue weighted by atomic mass is 10.2. The molecule has 1 aliphatic heterocycles. The molecule has 0 atom stereocenters. The maximum atomic E-state index is 12.7. The van der Waals surface area contributed by atoms with Gasteiger partial charge in [0.1, 0.15) is 23.8 Å². The van der Waals surface area contributed by atoms with Crippen LogP contribution in [0.5, 0.6) is 0 Å². The van der Waals surface area contributed by atoms with Crippen LogP contribution >= 0.6 is 27.5 Å². The van der Waals surface area contributed by atoms with Crippen LogP contribution in [0.3, 0.4) is 0 Å². The van der Waals surface area contributed by atoms with E-state index >= 15 is 0 Å². The molecule has 0 aliphatic carbocycles. The Morgan fingerprint density at radius 1 is 1.19 bits per heavy atom. The SMILES string of the molecule is Cc1cccc(NC(=O)CN2C(=O)N/C(=C/c3ccc(-c4ccc(Br)c(Cl)c4)o3)C2=O)c1. The van der Waals surface area contributed by atoms with Crippen molar-refractivity contribution >= 4 is 57.1 Å². The van der Waals surface area contributed by atoms with E-state index in [9.17, 15) is 14.4 Å². The monoisotopic (exact) mass is 513 g/mol.